The highest BCUT2D eigenvalue weighted by molar-refractivity contribution is 7.11. The van der Waals surface area contributed by atoms with Gasteiger partial charge in [0.2, 0.25) is 5.91 Å². The summed E-state index contributed by atoms with van der Waals surface area (Å²) in [5, 5.41) is 4.13. The summed E-state index contributed by atoms with van der Waals surface area (Å²) < 4.78 is 5.79. The van der Waals surface area contributed by atoms with Gasteiger partial charge in [0.1, 0.15) is 12.4 Å². The first-order valence-electron chi connectivity index (χ1n) is 9.20. The number of thiazole rings is 1. The van der Waals surface area contributed by atoms with Crippen molar-refractivity contribution in [1.29, 1.82) is 0 Å². The van der Waals surface area contributed by atoms with Crippen molar-refractivity contribution in [1.82, 2.24) is 4.98 Å². The van der Waals surface area contributed by atoms with Gasteiger partial charge in [-0.05, 0) is 56.0 Å². The van der Waals surface area contributed by atoms with Crippen LogP contribution in [0.2, 0.25) is 0 Å². The molecule has 3 aromatic rings. The van der Waals surface area contributed by atoms with Gasteiger partial charge in [-0.25, -0.2) is 4.98 Å². The van der Waals surface area contributed by atoms with E-state index in [2.05, 4.69) is 10.3 Å². The van der Waals surface area contributed by atoms with Gasteiger partial charge < -0.3 is 10.1 Å². The maximum absolute atomic E-state index is 12.6. The van der Waals surface area contributed by atoms with E-state index < -0.39 is 0 Å². The maximum atomic E-state index is 12.6. The second-order valence-electron chi connectivity index (χ2n) is 6.83. The Hall–Kier alpha value is -2.66. The van der Waals surface area contributed by atoms with Gasteiger partial charge in [0, 0.05) is 16.5 Å². The Bertz CT molecular complexity index is 919. The summed E-state index contributed by atoms with van der Waals surface area (Å²) in [5.41, 5.74) is 3.12. The lowest BCUT2D eigenvalue weighted by molar-refractivity contribution is -0.120. The zero-order valence-corrected chi connectivity index (χ0v) is 16.1. The van der Waals surface area contributed by atoms with E-state index in [1.165, 1.54) is 10.6 Å². The number of ether oxygens (including phenoxy) is 1. The van der Waals surface area contributed by atoms with Crippen LogP contribution in [-0.2, 0) is 24.2 Å². The molecule has 4 nitrogen and oxygen atoms in total. The first kappa shape index (κ1) is 17.7. The van der Waals surface area contributed by atoms with Gasteiger partial charge in [-0.1, -0.05) is 30.3 Å². The number of anilines is 1. The quantitative estimate of drug-likeness (QED) is 0.695. The lowest BCUT2D eigenvalue weighted by Gasteiger charge is -2.20. The maximum Gasteiger partial charge on any atom is 0.227 e. The SMILES string of the molecule is Cc1nc2c(s1)CC(C(=O)Nc1ccc(OCc3ccccc3)cc1)CC2. The number of carbonyl (C=O) groups is 1. The van der Waals surface area contributed by atoms with E-state index in [0.717, 1.165) is 41.3 Å². The summed E-state index contributed by atoms with van der Waals surface area (Å²) in [6, 6.07) is 17.6. The molecule has 27 heavy (non-hydrogen) atoms. The van der Waals surface area contributed by atoms with E-state index in [-0.39, 0.29) is 11.8 Å². The Labute approximate surface area is 163 Å². The summed E-state index contributed by atoms with van der Waals surface area (Å²) in [5.74, 6) is 0.898. The smallest absolute Gasteiger partial charge is 0.227 e. The van der Waals surface area contributed by atoms with Crippen LogP contribution in [0.5, 0.6) is 5.75 Å². The van der Waals surface area contributed by atoms with Gasteiger partial charge >= 0.3 is 0 Å². The molecule has 1 unspecified atom stereocenters. The van der Waals surface area contributed by atoms with Crippen LogP contribution >= 0.6 is 11.3 Å². The molecular formula is C22H22N2O2S. The molecule has 1 aromatic heterocycles. The highest BCUT2D eigenvalue weighted by atomic mass is 32.1. The van der Waals surface area contributed by atoms with E-state index in [1.54, 1.807) is 11.3 Å². The molecule has 0 radical (unpaired) electrons. The van der Waals surface area contributed by atoms with Crippen LogP contribution in [0.25, 0.3) is 0 Å². The summed E-state index contributed by atoms with van der Waals surface area (Å²) in [7, 11) is 0. The number of aryl methyl sites for hydroxylation is 2. The number of carbonyl (C=O) groups excluding carboxylic acids is 1. The molecule has 0 aliphatic heterocycles. The molecule has 1 aliphatic carbocycles. The summed E-state index contributed by atoms with van der Waals surface area (Å²) in [6.45, 7) is 2.56. The number of nitrogens with zero attached hydrogens (tertiary/aromatic N) is 1. The molecule has 5 heteroatoms. The van der Waals surface area contributed by atoms with E-state index >= 15 is 0 Å². The Kier molecular flexibility index (Phi) is 5.21. The monoisotopic (exact) mass is 378 g/mol. The lowest BCUT2D eigenvalue weighted by atomic mass is 9.90. The Balaban J connectivity index is 1.32. The summed E-state index contributed by atoms with van der Waals surface area (Å²) >= 11 is 1.72. The minimum atomic E-state index is 0.0198. The van der Waals surface area contributed by atoms with Crippen molar-refractivity contribution in [2.24, 2.45) is 5.92 Å². The van der Waals surface area contributed by atoms with Crippen LogP contribution in [0, 0.1) is 12.8 Å². The fourth-order valence-corrected chi connectivity index (χ4v) is 4.41. The zero-order valence-electron chi connectivity index (χ0n) is 15.3. The molecule has 4 rings (SSSR count). The third kappa shape index (κ3) is 4.37. The highest BCUT2D eigenvalue weighted by Gasteiger charge is 2.27. The van der Waals surface area contributed by atoms with Crippen molar-refractivity contribution >= 4 is 22.9 Å². The molecule has 0 saturated heterocycles. The van der Waals surface area contributed by atoms with Gasteiger partial charge in [0.05, 0.1) is 10.7 Å². The van der Waals surface area contributed by atoms with Crippen LogP contribution in [0.4, 0.5) is 5.69 Å². The molecule has 1 atom stereocenters. The largest absolute Gasteiger partial charge is 0.489 e. The number of aromatic nitrogens is 1. The van der Waals surface area contributed by atoms with Crippen molar-refractivity contribution < 1.29 is 9.53 Å². The Morgan fingerprint density at radius 2 is 1.96 bits per heavy atom. The van der Waals surface area contributed by atoms with E-state index in [9.17, 15) is 4.79 Å². The van der Waals surface area contributed by atoms with Gasteiger partial charge in [-0.3, -0.25) is 4.79 Å². The fraction of sp³-hybridized carbons (Fsp3) is 0.273. The number of fused-ring (bicyclic) bond motifs is 1. The molecule has 1 heterocycles. The van der Waals surface area contributed by atoms with Crippen LogP contribution in [0.15, 0.2) is 54.6 Å². The highest BCUT2D eigenvalue weighted by Crippen LogP contribution is 2.30. The molecule has 0 bridgehead atoms. The molecule has 0 saturated carbocycles. The van der Waals surface area contributed by atoms with Crippen molar-refractivity contribution in [2.75, 3.05) is 5.32 Å². The summed E-state index contributed by atoms with van der Waals surface area (Å²) in [6.07, 6.45) is 2.55. The molecule has 1 amide bonds. The molecule has 1 aliphatic rings. The Morgan fingerprint density at radius 1 is 1.19 bits per heavy atom. The molecule has 0 fully saturated rings. The minimum Gasteiger partial charge on any atom is -0.489 e. The van der Waals surface area contributed by atoms with Gasteiger partial charge in [0.25, 0.3) is 0 Å². The van der Waals surface area contributed by atoms with Crippen LogP contribution in [0.3, 0.4) is 0 Å². The first-order valence-corrected chi connectivity index (χ1v) is 10.0. The standard InChI is InChI=1S/C22H22N2O2S/c1-15-23-20-12-7-17(13-21(20)27-15)22(25)24-18-8-10-19(11-9-18)26-14-16-5-3-2-4-6-16/h2-6,8-11,17H,7,12-14H2,1H3,(H,24,25). The second kappa shape index (κ2) is 7.92. The fourth-order valence-electron chi connectivity index (χ4n) is 3.35. The number of nitrogens with one attached hydrogen (secondary N) is 1. The average molecular weight is 378 g/mol. The topological polar surface area (TPSA) is 51.2 Å². The van der Waals surface area contributed by atoms with Crippen LogP contribution in [-0.4, -0.2) is 10.9 Å². The zero-order chi connectivity index (χ0) is 18.6. The molecule has 1 N–H and O–H groups in total. The lowest BCUT2D eigenvalue weighted by Crippen LogP contribution is -2.27. The average Bonchev–Trinajstić information content (AvgIpc) is 3.07. The number of benzene rings is 2. The molecule has 0 spiro atoms. The van der Waals surface area contributed by atoms with Crippen LogP contribution < -0.4 is 10.1 Å². The number of hydrogen-bond donors (Lipinski definition) is 1. The summed E-state index contributed by atoms with van der Waals surface area (Å²) in [4.78, 5) is 18.4. The van der Waals surface area contributed by atoms with Crippen molar-refractivity contribution in [3.05, 3.63) is 75.7 Å². The molecular weight excluding hydrogens is 356 g/mol. The van der Waals surface area contributed by atoms with Crippen molar-refractivity contribution in [3.63, 3.8) is 0 Å². The third-order valence-corrected chi connectivity index (χ3v) is 5.82. The van der Waals surface area contributed by atoms with Gasteiger partial charge in [-0.15, -0.1) is 11.3 Å². The number of rotatable bonds is 5. The number of amides is 1. The van der Waals surface area contributed by atoms with Gasteiger partial charge in [0.15, 0.2) is 0 Å². The first-order chi connectivity index (χ1) is 13.2. The third-order valence-electron chi connectivity index (χ3n) is 4.79. The van der Waals surface area contributed by atoms with Crippen molar-refractivity contribution in [2.45, 2.75) is 32.8 Å². The predicted octanol–water partition coefficient (Wildman–Crippen LogP) is 4.77. The molecule has 2 aromatic carbocycles. The van der Waals surface area contributed by atoms with E-state index in [1.807, 2.05) is 61.5 Å². The minimum absolute atomic E-state index is 0.0198. The van der Waals surface area contributed by atoms with Gasteiger partial charge in [-0.2, -0.15) is 0 Å². The van der Waals surface area contributed by atoms with Crippen LogP contribution in [0.1, 0.15) is 27.6 Å². The second-order valence-corrected chi connectivity index (χ2v) is 8.12. The number of hydrogen-bond acceptors (Lipinski definition) is 4. The molecule has 138 valence electrons. The van der Waals surface area contributed by atoms with E-state index in [0.29, 0.717) is 6.61 Å². The van der Waals surface area contributed by atoms with Crippen molar-refractivity contribution in [3.8, 4) is 5.75 Å². The van der Waals surface area contributed by atoms with E-state index in [4.69, 9.17) is 4.74 Å². The Morgan fingerprint density at radius 3 is 2.74 bits per heavy atom. The predicted molar refractivity (Wildman–Crippen MR) is 108 cm³/mol. The normalized spacial score (nSPS) is 15.8.